The first kappa shape index (κ1) is 20.1. The highest BCUT2D eigenvalue weighted by Gasteiger charge is 2.22. The van der Waals surface area contributed by atoms with Crippen molar-refractivity contribution in [1.29, 1.82) is 0 Å². The maximum atomic E-state index is 12.6. The molecule has 3 rings (SSSR count). The van der Waals surface area contributed by atoms with Gasteiger partial charge in [0.2, 0.25) is 11.7 Å². The van der Waals surface area contributed by atoms with Crippen molar-refractivity contribution in [2.24, 2.45) is 0 Å². The molecule has 0 saturated carbocycles. The second-order valence-electron chi connectivity index (χ2n) is 6.28. The molecule has 0 saturated heterocycles. The first-order valence-corrected chi connectivity index (χ1v) is 9.00. The third-order valence-corrected chi connectivity index (χ3v) is 4.13. The normalized spacial score (nSPS) is 11.5. The lowest BCUT2D eigenvalue weighted by Crippen LogP contribution is -2.43. The van der Waals surface area contributed by atoms with Gasteiger partial charge in [-0.1, -0.05) is 35.5 Å². The molecule has 3 aromatic rings. The van der Waals surface area contributed by atoms with Crippen LogP contribution in [0, 0.1) is 6.92 Å². The summed E-state index contributed by atoms with van der Waals surface area (Å²) >= 11 is 0. The van der Waals surface area contributed by atoms with E-state index in [4.69, 9.17) is 14.0 Å². The van der Waals surface area contributed by atoms with Crippen LogP contribution >= 0.6 is 0 Å². The average molecular weight is 395 g/mol. The zero-order chi connectivity index (χ0) is 20.6. The number of methoxy groups -OCH3 is 1. The van der Waals surface area contributed by atoms with E-state index < -0.39 is 12.0 Å². The predicted octanol–water partition coefficient (Wildman–Crippen LogP) is 2.47. The molecule has 2 aromatic carbocycles. The number of esters is 1. The molecule has 0 unspecified atom stereocenters. The van der Waals surface area contributed by atoms with E-state index in [-0.39, 0.29) is 12.5 Å². The van der Waals surface area contributed by atoms with E-state index >= 15 is 0 Å². The number of ether oxygens (including phenoxy) is 2. The van der Waals surface area contributed by atoms with Crippen LogP contribution in [0.5, 0.6) is 5.75 Å². The summed E-state index contributed by atoms with van der Waals surface area (Å²) in [6.45, 7) is 1.85. The molecule has 29 heavy (non-hydrogen) atoms. The van der Waals surface area contributed by atoms with Crippen LogP contribution in [0.1, 0.15) is 27.6 Å². The van der Waals surface area contributed by atoms with Crippen molar-refractivity contribution in [1.82, 2.24) is 15.5 Å². The Labute approximate surface area is 167 Å². The van der Waals surface area contributed by atoms with Crippen LogP contribution in [0.2, 0.25) is 0 Å². The number of hydrogen-bond acceptors (Lipinski definition) is 7. The third kappa shape index (κ3) is 5.65. The molecule has 8 heteroatoms. The zero-order valence-corrected chi connectivity index (χ0v) is 16.1. The van der Waals surface area contributed by atoms with Crippen LogP contribution in [0.3, 0.4) is 0 Å². The largest absolute Gasteiger partial charge is 0.485 e. The van der Waals surface area contributed by atoms with E-state index in [1.807, 2.05) is 30.3 Å². The number of benzene rings is 2. The molecule has 0 fully saturated rings. The number of hydrogen-bond donors (Lipinski definition) is 1. The Balaban J connectivity index is 1.61. The SMILES string of the molecule is COC(=O)[C@H](Cc1ccccc1)NC(=O)c1ccc(OCc2noc(C)n2)cc1. The van der Waals surface area contributed by atoms with Crippen LogP contribution in [0.4, 0.5) is 0 Å². The molecule has 150 valence electrons. The van der Waals surface area contributed by atoms with Gasteiger partial charge in [0.15, 0.2) is 6.61 Å². The fourth-order valence-corrected chi connectivity index (χ4v) is 2.68. The minimum Gasteiger partial charge on any atom is -0.485 e. The molecule has 0 aliphatic rings. The lowest BCUT2D eigenvalue weighted by molar-refractivity contribution is -0.142. The van der Waals surface area contributed by atoms with E-state index in [2.05, 4.69) is 15.5 Å². The van der Waals surface area contributed by atoms with Crippen LogP contribution in [0.15, 0.2) is 59.1 Å². The second kappa shape index (κ2) is 9.50. The van der Waals surface area contributed by atoms with Gasteiger partial charge in [-0.3, -0.25) is 4.79 Å². The number of aryl methyl sites for hydroxylation is 1. The highest BCUT2D eigenvalue weighted by atomic mass is 16.5. The van der Waals surface area contributed by atoms with Crippen molar-refractivity contribution in [3.05, 3.63) is 77.4 Å². The maximum Gasteiger partial charge on any atom is 0.328 e. The molecule has 0 aliphatic carbocycles. The molecule has 0 spiro atoms. The van der Waals surface area contributed by atoms with E-state index in [0.717, 1.165) is 5.56 Å². The van der Waals surface area contributed by atoms with Gasteiger partial charge < -0.3 is 19.3 Å². The van der Waals surface area contributed by atoms with Crippen LogP contribution in [-0.4, -0.2) is 35.2 Å². The summed E-state index contributed by atoms with van der Waals surface area (Å²) in [6, 6.07) is 15.2. The number of carbonyl (C=O) groups is 2. The number of nitrogens with one attached hydrogen (secondary N) is 1. The Morgan fingerprint density at radius 1 is 1.10 bits per heavy atom. The number of rotatable bonds is 8. The molecule has 0 radical (unpaired) electrons. The van der Waals surface area contributed by atoms with E-state index in [9.17, 15) is 9.59 Å². The summed E-state index contributed by atoms with van der Waals surface area (Å²) in [5.41, 5.74) is 1.32. The Kier molecular flexibility index (Phi) is 6.57. The van der Waals surface area contributed by atoms with Gasteiger partial charge in [-0.05, 0) is 29.8 Å². The molecule has 8 nitrogen and oxygen atoms in total. The summed E-state index contributed by atoms with van der Waals surface area (Å²) in [5.74, 6) is 0.574. The van der Waals surface area contributed by atoms with Gasteiger partial charge in [0.1, 0.15) is 11.8 Å². The van der Waals surface area contributed by atoms with Gasteiger partial charge in [0.25, 0.3) is 5.91 Å². The number of carbonyl (C=O) groups excluding carboxylic acids is 2. The van der Waals surface area contributed by atoms with Crippen LogP contribution in [-0.2, 0) is 22.6 Å². The Hall–Kier alpha value is -3.68. The van der Waals surface area contributed by atoms with E-state index in [0.29, 0.717) is 29.4 Å². The number of amides is 1. The minimum absolute atomic E-state index is 0.157. The summed E-state index contributed by atoms with van der Waals surface area (Å²) in [5, 5.41) is 6.48. The van der Waals surface area contributed by atoms with Gasteiger partial charge in [0, 0.05) is 18.9 Å². The van der Waals surface area contributed by atoms with Crippen LogP contribution < -0.4 is 10.1 Å². The number of nitrogens with zero attached hydrogens (tertiary/aromatic N) is 2. The summed E-state index contributed by atoms with van der Waals surface area (Å²) in [7, 11) is 1.30. The predicted molar refractivity (Wildman–Crippen MR) is 103 cm³/mol. The smallest absolute Gasteiger partial charge is 0.328 e. The highest BCUT2D eigenvalue weighted by Crippen LogP contribution is 2.14. The highest BCUT2D eigenvalue weighted by molar-refractivity contribution is 5.96. The summed E-state index contributed by atoms with van der Waals surface area (Å²) < 4.78 is 15.3. The van der Waals surface area contributed by atoms with E-state index in [1.54, 1.807) is 31.2 Å². The average Bonchev–Trinajstić information content (AvgIpc) is 3.17. The van der Waals surface area contributed by atoms with Gasteiger partial charge in [-0.15, -0.1) is 0 Å². The maximum absolute atomic E-state index is 12.6. The van der Waals surface area contributed by atoms with Crippen molar-refractivity contribution in [3.63, 3.8) is 0 Å². The van der Waals surface area contributed by atoms with Crippen molar-refractivity contribution in [2.75, 3.05) is 7.11 Å². The van der Waals surface area contributed by atoms with Gasteiger partial charge in [0.05, 0.1) is 7.11 Å². The van der Waals surface area contributed by atoms with E-state index in [1.165, 1.54) is 7.11 Å². The van der Waals surface area contributed by atoms with Crippen molar-refractivity contribution in [2.45, 2.75) is 26.0 Å². The minimum atomic E-state index is -0.785. The Morgan fingerprint density at radius 3 is 2.45 bits per heavy atom. The molecular weight excluding hydrogens is 374 g/mol. The fraction of sp³-hybridized carbons (Fsp3) is 0.238. The molecule has 0 bridgehead atoms. The lowest BCUT2D eigenvalue weighted by Gasteiger charge is -2.17. The van der Waals surface area contributed by atoms with Gasteiger partial charge in [-0.2, -0.15) is 4.98 Å². The molecule has 1 atom stereocenters. The Morgan fingerprint density at radius 2 is 1.83 bits per heavy atom. The van der Waals surface area contributed by atoms with Crippen molar-refractivity contribution >= 4 is 11.9 Å². The van der Waals surface area contributed by atoms with Crippen LogP contribution in [0.25, 0.3) is 0 Å². The first-order chi connectivity index (χ1) is 14.0. The molecule has 1 heterocycles. The summed E-state index contributed by atoms with van der Waals surface area (Å²) in [4.78, 5) is 28.7. The zero-order valence-electron chi connectivity index (χ0n) is 16.1. The monoisotopic (exact) mass is 395 g/mol. The second-order valence-corrected chi connectivity index (χ2v) is 6.28. The molecule has 1 N–H and O–H groups in total. The lowest BCUT2D eigenvalue weighted by atomic mass is 10.1. The quantitative estimate of drug-likeness (QED) is 0.584. The first-order valence-electron chi connectivity index (χ1n) is 9.00. The molecular formula is C21H21N3O5. The third-order valence-electron chi connectivity index (χ3n) is 4.13. The number of aromatic nitrogens is 2. The molecule has 0 aliphatic heterocycles. The summed E-state index contributed by atoms with van der Waals surface area (Å²) in [6.07, 6.45) is 0.338. The molecule has 1 amide bonds. The van der Waals surface area contributed by atoms with Crippen molar-refractivity contribution in [3.8, 4) is 5.75 Å². The van der Waals surface area contributed by atoms with Gasteiger partial charge in [-0.25, -0.2) is 4.79 Å². The topological polar surface area (TPSA) is 104 Å². The molecule has 1 aromatic heterocycles. The Bertz CT molecular complexity index is 954. The fourth-order valence-electron chi connectivity index (χ4n) is 2.68. The van der Waals surface area contributed by atoms with Crippen molar-refractivity contribution < 1.29 is 23.6 Å². The van der Waals surface area contributed by atoms with Gasteiger partial charge >= 0.3 is 5.97 Å². The standard InChI is InChI=1S/C21H21N3O5/c1-14-22-19(24-29-14)13-28-17-10-8-16(9-11-17)20(25)23-18(21(26)27-2)12-15-6-4-3-5-7-15/h3-11,18H,12-13H2,1-2H3,(H,23,25)/t18-/m0/s1.